The molecule has 2 aliphatic rings. The lowest BCUT2D eigenvalue weighted by Gasteiger charge is -2.28. The quantitative estimate of drug-likeness (QED) is 0.839. The van der Waals surface area contributed by atoms with E-state index in [1.54, 1.807) is 24.3 Å². The first kappa shape index (κ1) is 15.5. The van der Waals surface area contributed by atoms with Crippen molar-refractivity contribution in [3.8, 4) is 11.5 Å². The molecule has 0 N–H and O–H groups in total. The number of hydrogen-bond acceptors (Lipinski definition) is 4. The van der Waals surface area contributed by atoms with Gasteiger partial charge >= 0.3 is 0 Å². The minimum Gasteiger partial charge on any atom is -0.490 e. The summed E-state index contributed by atoms with van der Waals surface area (Å²) in [6.45, 7) is 2.12. The van der Waals surface area contributed by atoms with Crippen LogP contribution in [0.4, 0.5) is 0 Å². The van der Waals surface area contributed by atoms with Gasteiger partial charge in [0.1, 0.15) is 0 Å². The van der Waals surface area contributed by atoms with Crippen LogP contribution in [0.3, 0.4) is 0 Å². The first-order valence-electron chi connectivity index (χ1n) is 8.11. The van der Waals surface area contributed by atoms with E-state index < -0.39 is 10.0 Å². The van der Waals surface area contributed by atoms with Crippen molar-refractivity contribution >= 4 is 10.0 Å². The topological polar surface area (TPSA) is 55.8 Å². The van der Waals surface area contributed by atoms with Crippen LogP contribution in [0.25, 0.3) is 0 Å². The average molecular weight is 345 g/mol. The number of ether oxygens (including phenoxy) is 2. The van der Waals surface area contributed by atoms with Crippen LogP contribution in [0.15, 0.2) is 47.4 Å². The van der Waals surface area contributed by atoms with Gasteiger partial charge in [0, 0.05) is 19.5 Å². The molecule has 0 aliphatic carbocycles. The molecular formula is C18H19NO4S. The molecule has 0 unspecified atom stereocenters. The van der Waals surface area contributed by atoms with E-state index in [-0.39, 0.29) is 0 Å². The van der Waals surface area contributed by atoms with Gasteiger partial charge in [0.15, 0.2) is 11.5 Å². The third-order valence-corrected chi connectivity index (χ3v) is 6.29. The lowest BCUT2D eigenvalue weighted by molar-refractivity contribution is 0.297. The lowest BCUT2D eigenvalue weighted by Crippen LogP contribution is -2.36. The van der Waals surface area contributed by atoms with E-state index in [0.717, 1.165) is 23.3 Å². The Labute approximate surface area is 141 Å². The minimum absolute atomic E-state index is 0.336. The van der Waals surface area contributed by atoms with Crippen LogP contribution in [0.5, 0.6) is 11.5 Å². The Morgan fingerprint density at radius 3 is 2.29 bits per heavy atom. The van der Waals surface area contributed by atoms with Crippen molar-refractivity contribution in [2.45, 2.75) is 24.3 Å². The second kappa shape index (κ2) is 6.11. The molecule has 2 heterocycles. The molecule has 0 radical (unpaired) electrons. The molecule has 0 amide bonds. The second-order valence-electron chi connectivity index (χ2n) is 6.02. The number of sulfonamides is 1. The monoisotopic (exact) mass is 345 g/mol. The van der Waals surface area contributed by atoms with Gasteiger partial charge in [0.2, 0.25) is 10.0 Å². The molecule has 0 fully saturated rings. The Balaban J connectivity index is 1.65. The molecule has 6 heteroatoms. The SMILES string of the molecule is O=S(=O)(c1ccccc1)N1CCc2cc3c(cc2C1)OCCCO3. The first-order valence-corrected chi connectivity index (χ1v) is 9.55. The van der Waals surface area contributed by atoms with E-state index in [9.17, 15) is 8.42 Å². The summed E-state index contributed by atoms with van der Waals surface area (Å²) in [5.74, 6) is 1.48. The number of rotatable bonds is 2. The summed E-state index contributed by atoms with van der Waals surface area (Å²) in [5.41, 5.74) is 2.13. The van der Waals surface area contributed by atoms with Crippen molar-refractivity contribution < 1.29 is 17.9 Å². The molecule has 0 aromatic heterocycles. The zero-order valence-corrected chi connectivity index (χ0v) is 14.1. The van der Waals surface area contributed by atoms with Crippen molar-refractivity contribution in [3.63, 3.8) is 0 Å². The van der Waals surface area contributed by atoms with Gasteiger partial charge in [-0.25, -0.2) is 8.42 Å². The van der Waals surface area contributed by atoms with E-state index in [0.29, 0.717) is 43.4 Å². The number of hydrogen-bond donors (Lipinski definition) is 0. The highest BCUT2D eigenvalue weighted by Crippen LogP contribution is 2.36. The fourth-order valence-corrected chi connectivity index (χ4v) is 4.57. The maximum absolute atomic E-state index is 12.8. The van der Waals surface area contributed by atoms with Crippen LogP contribution < -0.4 is 9.47 Å². The molecule has 4 rings (SSSR count). The Morgan fingerprint density at radius 2 is 1.58 bits per heavy atom. The largest absolute Gasteiger partial charge is 0.490 e. The van der Waals surface area contributed by atoms with E-state index in [4.69, 9.17) is 9.47 Å². The van der Waals surface area contributed by atoms with Gasteiger partial charge in [-0.2, -0.15) is 4.31 Å². The Hall–Kier alpha value is -2.05. The summed E-state index contributed by atoms with van der Waals surface area (Å²) in [4.78, 5) is 0.336. The van der Waals surface area contributed by atoms with Crippen LogP contribution in [0, 0.1) is 0 Å². The molecule has 2 aromatic carbocycles. The van der Waals surface area contributed by atoms with Crippen molar-refractivity contribution in [2.24, 2.45) is 0 Å². The molecule has 0 atom stereocenters. The van der Waals surface area contributed by atoms with Gasteiger partial charge in [-0.15, -0.1) is 0 Å². The molecule has 0 spiro atoms. The van der Waals surface area contributed by atoms with Crippen LogP contribution in [-0.4, -0.2) is 32.5 Å². The standard InChI is InChI=1S/C18H19NO4S/c20-24(21,16-5-2-1-3-6-16)19-8-7-14-11-17-18(12-15(14)13-19)23-10-4-9-22-17/h1-3,5-6,11-12H,4,7-10,13H2. The van der Waals surface area contributed by atoms with Crippen molar-refractivity contribution in [1.29, 1.82) is 0 Å². The Morgan fingerprint density at radius 1 is 0.917 bits per heavy atom. The van der Waals surface area contributed by atoms with Crippen molar-refractivity contribution in [2.75, 3.05) is 19.8 Å². The summed E-state index contributed by atoms with van der Waals surface area (Å²) in [6.07, 6.45) is 1.53. The predicted octanol–water partition coefficient (Wildman–Crippen LogP) is 2.59. The van der Waals surface area contributed by atoms with E-state index in [1.165, 1.54) is 4.31 Å². The maximum Gasteiger partial charge on any atom is 0.243 e. The summed E-state index contributed by atoms with van der Waals surface area (Å²) in [6, 6.07) is 12.5. The maximum atomic E-state index is 12.8. The van der Waals surface area contributed by atoms with Gasteiger partial charge in [-0.1, -0.05) is 18.2 Å². The molecule has 24 heavy (non-hydrogen) atoms. The smallest absolute Gasteiger partial charge is 0.243 e. The molecule has 0 saturated heterocycles. The molecule has 2 aliphatic heterocycles. The summed E-state index contributed by atoms with van der Waals surface area (Å²) >= 11 is 0. The Kier molecular flexibility index (Phi) is 3.94. The molecule has 5 nitrogen and oxygen atoms in total. The van der Waals surface area contributed by atoms with Crippen molar-refractivity contribution in [3.05, 3.63) is 53.6 Å². The fraction of sp³-hybridized carbons (Fsp3) is 0.333. The minimum atomic E-state index is -3.47. The summed E-state index contributed by atoms with van der Waals surface area (Å²) in [7, 11) is -3.47. The molecular weight excluding hydrogens is 326 g/mol. The van der Waals surface area contributed by atoms with Crippen LogP contribution >= 0.6 is 0 Å². The van der Waals surface area contributed by atoms with Gasteiger partial charge in [-0.3, -0.25) is 0 Å². The van der Waals surface area contributed by atoms with Crippen molar-refractivity contribution in [1.82, 2.24) is 4.31 Å². The average Bonchev–Trinajstić information content (AvgIpc) is 2.84. The zero-order valence-electron chi connectivity index (χ0n) is 13.3. The second-order valence-corrected chi connectivity index (χ2v) is 7.96. The molecule has 2 aromatic rings. The normalized spacial score (nSPS) is 17.8. The highest BCUT2D eigenvalue weighted by molar-refractivity contribution is 7.89. The van der Waals surface area contributed by atoms with Crippen LogP contribution in [0.2, 0.25) is 0 Å². The third-order valence-electron chi connectivity index (χ3n) is 4.43. The molecule has 0 bridgehead atoms. The number of nitrogens with zero attached hydrogens (tertiary/aromatic N) is 1. The van der Waals surface area contributed by atoms with Gasteiger partial charge in [0.05, 0.1) is 18.1 Å². The third kappa shape index (κ3) is 2.76. The molecule has 0 saturated carbocycles. The highest BCUT2D eigenvalue weighted by atomic mass is 32.2. The fourth-order valence-electron chi connectivity index (χ4n) is 3.13. The summed E-state index contributed by atoms with van der Waals surface area (Å²) < 4.78 is 38.6. The molecule has 126 valence electrons. The van der Waals surface area contributed by atoms with E-state index in [2.05, 4.69) is 0 Å². The summed E-state index contributed by atoms with van der Waals surface area (Å²) in [5, 5.41) is 0. The van der Waals surface area contributed by atoms with E-state index in [1.807, 2.05) is 18.2 Å². The van der Waals surface area contributed by atoms with Crippen LogP contribution in [-0.2, 0) is 23.0 Å². The first-order chi connectivity index (χ1) is 11.6. The number of fused-ring (bicyclic) bond motifs is 2. The predicted molar refractivity (Wildman–Crippen MR) is 89.8 cm³/mol. The number of benzene rings is 2. The Bertz CT molecular complexity index is 849. The lowest BCUT2D eigenvalue weighted by atomic mass is 10.0. The zero-order chi connectivity index (χ0) is 16.6. The highest BCUT2D eigenvalue weighted by Gasteiger charge is 2.29. The van der Waals surface area contributed by atoms with Crippen LogP contribution in [0.1, 0.15) is 17.5 Å². The van der Waals surface area contributed by atoms with Gasteiger partial charge in [-0.05, 0) is 41.8 Å². The van der Waals surface area contributed by atoms with Gasteiger partial charge < -0.3 is 9.47 Å². The van der Waals surface area contributed by atoms with E-state index >= 15 is 0 Å². The van der Waals surface area contributed by atoms with Gasteiger partial charge in [0.25, 0.3) is 0 Å².